The number of hydrogen-bond donors (Lipinski definition) is 0. The summed E-state index contributed by atoms with van der Waals surface area (Å²) in [5.41, 5.74) is 1.22. The zero-order valence-electron chi connectivity index (χ0n) is 19.4. The molecule has 1 heterocycles. The van der Waals surface area contributed by atoms with Crippen molar-refractivity contribution in [3.8, 4) is 5.75 Å². The molecular weight excluding hydrogens is 494 g/mol. The van der Waals surface area contributed by atoms with Crippen molar-refractivity contribution in [1.82, 2.24) is 4.90 Å². The largest absolute Gasteiger partial charge is 0.493 e. The summed E-state index contributed by atoms with van der Waals surface area (Å²) in [4.78, 5) is 2.58. The standard InChI is InChI=1S/C25H32ClNO5S2/c1-3-21-17-27(13-12-20-6-4-7-23(26)16-20)18-22(21)19-32-24-8-10-25(11-9-24)34(30,31)15-5-14-33(2,28)29/h3-4,6-11,16,21-22H,1,5,12-15,17-19H2,2H3/t21-,22+/m1/s1. The molecule has 2 aromatic rings. The van der Waals surface area contributed by atoms with Gasteiger partial charge in [0.15, 0.2) is 9.84 Å². The van der Waals surface area contributed by atoms with Gasteiger partial charge in [-0.25, -0.2) is 16.8 Å². The predicted octanol–water partition coefficient (Wildman–Crippen LogP) is 3.90. The zero-order chi connectivity index (χ0) is 24.8. The van der Waals surface area contributed by atoms with E-state index < -0.39 is 19.7 Å². The van der Waals surface area contributed by atoms with Crippen LogP contribution >= 0.6 is 11.6 Å². The summed E-state index contributed by atoms with van der Waals surface area (Å²) in [6.07, 6.45) is 4.10. The third-order valence-electron chi connectivity index (χ3n) is 6.05. The molecule has 9 heteroatoms. The lowest BCUT2D eigenvalue weighted by atomic mass is 9.97. The summed E-state index contributed by atoms with van der Waals surface area (Å²) in [5.74, 6) is 0.893. The van der Waals surface area contributed by atoms with E-state index in [1.54, 1.807) is 12.1 Å². The average molecular weight is 526 g/mol. The van der Waals surface area contributed by atoms with Crippen LogP contribution in [0.5, 0.6) is 5.75 Å². The fourth-order valence-corrected chi connectivity index (χ4v) is 6.54. The van der Waals surface area contributed by atoms with E-state index in [1.807, 2.05) is 24.3 Å². The smallest absolute Gasteiger partial charge is 0.178 e. The molecule has 0 spiro atoms. The predicted molar refractivity (Wildman–Crippen MR) is 137 cm³/mol. The number of rotatable bonds is 12. The van der Waals surface area contributed by atoms with Crippen LogP contribution in [0.15, 0.2) is 66.1 Å². The van der Waals surface area contributed by atoms with Gasteiger partial charge in [0.25, 0.3) is 0 Å². The van der Waals surface area contributed by atoms with Crippen molar-refractivity contribution in [2.24, 2.45) is 11.8 Å². The first-order valence-corrected chi connectivity index (χ1v) is 15.4. The van der Waals surface area contributed by atoms with Gasteiger partial charge in [-0.1, -0.05) is 29.8 Å². The van der Waals surface area contributed by atoms with Crippen molar-refractivity contribution < 1.29 is 21.6 Å². The monoisotopic (exact) mass is 525 g/mol. The van der Waals surface area contributed by atoms with Crippen LogP contribution in [0.4, 0.5) is 0 Å². The molecule has 34 heavy (non-hydrogen) atoms. The molecule has 0 saturated carbocycles. The van der Waals surface area contributed by atoms with E-state index >= 15 is 0 Å². The molecule has 1 aliphatic rings. The molecule has 0 N–H and O–H groups in total. The summed E-state index contributed by atoms with van der Waals surface area (Å²) in [6, 6.07) is 14.3. The number of nitrogens with zero attached hydrogens (tertiary/aromatic N) is 1. The Morgan fingerprint density at radius 2 is 1.82 bits per heavy atom. The van der Waals surface area contributed by atoms with Crippen LogP contribution in [0.1, 0.15) is 12.0 Å². The van der Waals surface area contributed by atoms with Crippen LogP contribution in [0.25, 0.3) is 0 Å². The third-order valence-corrected chi connectivity index (χ3v) is 9.13. The molecule has 0 amide bonds. The van der Waals surface area contributed by atoms with E-state index in [0.29, 0.717) is 24.2 Å². The molecule has 1 fully saturated rings. The summed E-state index contributed by atoms with van der Waals surface area (Å²) in [5, 5.41) is 0.752. The molecule has 0 aromatic heterocycles. The van der Waals surface area contributed by atoms with Crippen molar-refractivity contribution in [2.45, 2.75) is 17.7 Å². The fourth-order valence-electron chi connectivity index (χ4n) is 4.17. The molecule has 1 saturated heterocycles. The second-order valence-electron chi connectivity index (χ2n) is 8.88. The molecule has 0 unspecified atom stereocenters. The Morgan fingerprint density at radius 1 is 1.09 bits per heavy atom. The minimum Gasteiger partial charge on any atom is -0.493 e. The van der Waals surface area contributed by atoms with Crippen molar-refractivity contribution in [2.75, 3.05) is 44.0 Å². The number of ether oxygens (including phenoxy) is 1. The Balaban J connectivity index is 1.50. The molecule has 3 rings (SSSR count). The van der Waals surface area contributed by atoms with E-state index in [1.165, 1.54) is 17.7 Å². The molecule has 0 aliphatic carbocycles. The first-order chi connectivity index (χ1) is 16.1. The average Bonchev–Trinajstić information content (AvgIpc) is 3.18. The molecule has 2 atom stereocenters. The van der Waals surface area contributed by atoms with Crippen molar-refractivity contribution in [3.05, 3.63) is 71.8 Å². The van der Waals surface area contributed by atoms with Gasteiger partial charge in [-0.15, -0.1) is 6.58 Å². The van der Waals surface area contributed by atoms with Gasteiger partial charge in [0.1, 0.15) is 15.6 Å². The van der Waals surface area contributed by atoms with Gasteiger partial charge in [-0.05, 0) is 60.7 Å². The van der Waals surface area contributed by atoms with Crippen LogP contribution in [-0.4, -0.2) is 65.7 Å². The highest BCUT2D eigenvalue weighted by Crippen LogP contribution is 2.26. The third kappa shape index (κ3) is 8.12. The topological polar surface area (TPSA) is 80.8 Å². The minimum atomic E-state index is -3.53. The van der Waals surface area contributed by atoms with Gasteiger partial charge >= 0.3 is 0 Å². The van der Waals surface area contributed by atoms with Crippen molar-refractivity contribution in [3.63, 3.8) is 0 Å². The maximum Gasteiger partial charge on any atom is 0.178 e. The fraction of sp³-hybridized carbons (Fsp3) is 0.440. The maximum atomic E-state index is 12.4. The van der Waals surface area contributed by atoms with Gasteiger partial charge in [0.05, 0.1) is 23.0 Å². The Bertz CT molecular complexity index is 1180. The van der Waals surface area contributed by atoms with Gasteiger partial charge in [-0.2, -0.15) is 0 Å². The van der Waals surface area contributed by atoms with Crippen LogP contribution in [0.3, 0.4) is 0 Å². The Hall–Kier alpha value is -1.87. The highest BCUT2D eigenvalue weighted by atomic mass is 35.5. The van der Waals surface area contributed by atoms with Crippen LogP contribution < -0.4 is 4.74 Å². The van der Waals surface area contributed by atoms with E-state index in [2.05, 4.69) is 17.5 Å². The first-order valence-electron chi connectivity index (χ1n) is 11.3. The van der Waals surface area contributed by atoms with Gasteiger partial charge in [0.2, 0.25) is 0 Å². The Morgan fingerprint density at radius 3 is 2.47 bits per heavy atom. The summed E-state index contributed by atoms with van der Waals surface area (Å²) in [7, 11) is -6.71. The highest BCUT2D eigenvalue weighted by Gasteiger charge is 2.31. The highest BCUT2D eigenvalue weighted by molar-refractivity contribution is 7.92. The maximum absolute atomic E-state index is 12.4. The van der Waals surface area contributed by atoms with Crippen LogP contribution in [0, 0.1) is 11.8 Å². The van der Waals surface area contributed by atoms with E-state index in [-0.39, 0.29) is 22.8 Å². The van der Waals surface area contributed by atoms with Gasteiger partial charge in [0, 0.05) is 36.8 Å². The Kier molecular flexibility index (Phi) is 9.20. The lowest BCUT2D eigenvalue weighted by Gasteiger charge is -2.17. The molecule has 186 valence electrons. The number of likely N-dealkylation sites (tertiary alicyclic amines) is 1. The number of halogens is 1. The molecule has 0 bridgehead atoms. The SMILES string of the molecule is C=C[C@@H]1CN(CCc2cccc(Cl)c2)C[C@H]1COc1ccc(S(=O)(=O)CCCS(C)(=O)=O)cc1. The first kappa shape index (κ1) is 26.7. The second-order valence-corrected chi connectivity index (χ2v) is 13.7. The summed E-state index contributed by atoms with van der Waals surface area (Å²) < 4.78 is 53.3. The molecule has 2 aromatic carbocycles. The Labute approximate surface area is 208 Å². The second kappa shape index (κ2) is 11.7. The zero-order valence-corrected chi connectivity index (χ0v) is 21.8. The number of sulfone groups is 2. The number of benzene rings is 2. The minimum absolute atomic E-state index is 0.0812. The molecule has 1 aliphatic heterocycles. The summed E-state index contributed by atoms with van der Waals surface area (Å²) >= 11 is 6.08. The summed E-state index contributed by atoms with van der Waals surface area (Å²) in [6.45, 7) is 7.28. The van der Waals surface area contributed by atoms with Crippen LogP contribution in [-0.2, 0) is 26.1 Å². The molecule has 0 radical (unpaired) electrons. The number of hydrogen-bond acceptors (Lipinski definition) is 6. The van der Waals surface area contributed by atoms with Crippen molar-refractivity contribution >= 4 is 31.3 Å². The quantitative estimate of drug-likeness (QED) is 0.391. The molecular formula is C25H32ClNO5S2. The van der Waals surface area contributed by atoms with Crippen LogP contribution in [0.2, 0.25) is 5.02 Å². The van der Waals surface area contributed by atoms with Gasteiger partial charge in [-0.3, -0.25) is 0 Å². The lowest BCUT2D eigenvalue weighted by Crippen LogP contribution is -2.24. The molecule has 6 nitrogen and oxygen atoms in total. The van der Waals surface area contributed by atoms with Crippen molar-refractivity contribution in [1.29, 1.82) is 0 Å². The van der Waals surface area contributed by atoms with Gasteiger partial charge < -0.3 is 9.64 Å². The van der Waals surface area contributed by atoms with E-state index in [9.17, 15) is 16.8 Å². The van der Waals surface area contributed by atoms with E-state index in [0.717, 1.165) is 37.3 Å². The van der Waals surface area contributed by atoms with E-state index in [4.69, 9.17) is 16.3 Å². The lowest BCUT2D eigenvalue weighted by molar-refractivity contribution is 0.231. The normalized spacial score (nSPS) is 19.2.